The van der Waals surface area contributed by atoms with Gasteiger partial charge in [-0.3, -0.25) is 9.69 Å². The molecule has 0 saturated carbocycles. The van der Waals surface area contributed by atoms with Crippen molar-refractivity contribution in [2.45, 2.75) is 30.7 Å². The van der Waals surface area contributed by atoms with Gasteiger partial charge in [-0.1, -0.05) is 46.3 Å². The molecule has 2 saturated heterocycles. The lowest BCUT2D eigenvalue weighted by atomic mass is 9.97. The minimum absolute atomic E-state index is 0.0201. The van der Waals surface area contributed by atoms with Gasteiger partial charge in [0.2, 0.25) is 0 Å². The van der Waals surface area contributed by atoms with Crippen molar-refractivity contribution in [2.75, 3.05) is 6.61 Å². The van der Waals surface area contributed by atoms with Crippen molar-refractivity contribution in [1.82, 2.24) is 4.90 Å². The molecule has 2 fully saturated rings. The molecule has 0 aliphatic carbocycles. The summed E-state index contributed by atoms with van der Waals surface area (Å²) in [4.78, 5) is 26.3. The van der Waals surface area contributed by atoms with E-state index >= 15 is 0 Å². The molecule has 0 spiro atoms. The van der Waals surface area contributed by atoms with E-state index in [-0.39, 0.29) is 31.0 Å². The number of ether oxygens (including phenoxy) is 2. The Labute approximate surface area is 136 Å². The van der Waals surface area contributed by atoms with Crippen molar-refractivity contribution in [3.05, 3.63) is 46.5 Å². The van der Waals surface area contributed by atoms with Crippen LogP contribution in [0.1, 0.15) is 18.0 Å². The monoisotopic (exact) mass is 363 g/mol. The number of hydrogen-bond donors (Lipinski definition) is 0. The largest absolute Gasteiger partial charge is 0.447 e. The van der Waals surface area contributed by atoms with Crippen molar-refractivity contribution >= 4 is 27.8 Å². The van der Waals surface area contributed by atoms with Crippen LogP contribution >= 0.6 is 15.9 Å². The zero-order valence-electron chi connectivity index (χ0n) is 11.6. The lowest BCUT2D eigenvalue weighted by Crippen LogP contribution is -2.53. The van der Waals surface area contributed by atoms with Gasteiger partial charge >= 0.3 is 6.09 Å². The van der Waals surface area contributed by atoms with Crippen LogP contribution in [0.2, 0.25) is 0 Å². The third kappa shape index (κ3) is 2.09. The fourth-order valence-corrected chi connectivity index (χ4v) is 3.87. The summed E-state index contributed by atoms with van der Waals surface area (Å²) < 4.78 is 11.9. The standard InChI is InChI=1S/C16H14BrNO4/c17-10-6-14-15(12(19)7-13(10)22-14)18-11(8-21-16(18)20)9-4-2-1-3-5-9/h1-6,11,13-15H,7-8H2/t11-,13-,14-,15-/m0/s1. The molecule has 6 heteroatoms. The van der Waals surface area contributed by atoms with E-state index < -0.39 is 18.2 Å². The summed E-state index contributed by atoms with van der Waals surface area (Å²) in [7, 11) is 0. The van der Waals surface area contributed by atoms with Crippen LogP contribution in [0.15, 0.2) is 40.9 Å². The topological polar surface area (TPSA) is 55.8 Å². The highest BCUT2D eigenvalue weighted by Gasteiger charge is 2.51. The third-order valence-electron chi connectivity index (χ3n) is 4.38. The molecule has 114 valence electrons. The molecule has 2 bridgehead atoms. The first-order valence-electron chi connectivity index (χ1n) is 7.20. The fourth-order valence-electron chi connectivity index (χ4n) is 3.34. The van der Waals surface area contributed by atoms with Crippen LogP contribution in [0.5, 0.6) is 0 Å². The Hall–Kier alpha value is -1.66. The molecular weight excluding hydrogens is 350 g/mol. The molecule has 3 heterocycles. The molecular formula is C16H14BrNO4. The van der Waals surface area contributed by atoms with E-state index in [0.717, 1.165) is 10.0 Å². The Bertz CT molecular complexity index is 659. The van der Waals surface area contributed by atoms with Crippen LogP contribution in [-0.4, -0.2) is 41.6 Å². The number of amides is 1. The third-order valence-corrected chi connectivity index (χ3v) is 5.15. The molecule has 1 amide bonds. The highest BCUT2D eigenvalue weighted by Crippen LogP contribution is 2.40. The average molecular weight is 364 g/mol. The number of nitrogens with zero attached hydrogens (tertiary/aromatic N) is 1. The lowest BCUT2D eigenvalue weighted by molar-refractivity contribution is -0.138. The van der Waals surface area contributed by atoms with Crippen LogP contribution in [0, 0.1) is 0 Å². The summed E-state index contributed by atoms with van der Waals surface area (Å²) in [6, 6.07) is 8.76. The van der Waals surface area contributed by atoms with Crippen LogP contribution in [0.3, 0.4) is 0 Å². The number of halogens is 1. The normalized spacial score (nSPS) is 33.9. The molecule has 1 aromatic rings. The Morgan fingerprint density at radius 1 is 1.18 bits per heavy atom. The van der Waals surface area contributed by atoms with E-state index in [1.165, 1.54) is 0 Å². The first kappa shape index (κ1) is 14.0. The van der Waals surface area contributed by atoms with Gasteiger partial charge in [0.25, 0.3) is 0 Å². The van der Waals surface area contributed by atoms with Crippen LogP contribution in [-0.2, 0) is 14.3 Å². The highest BCUT2D eigenvalue weighted by atomic mass is 79.9. The number of carbonyl (C=O) groups is 2. The van der Waals surface area contributed by atoms with E-state index in [4.69, 9.17) is 9.47 Å². The minimum atomic E-state index is -0.619. The number of ketones is 1. The fraction of sp³-hybridized carbons (Fsp3) is 0.375. The zero-order chi connectivity index (χ0) is 15.3. The van der Waals surface area contributed by atoms with Gasteiger partial charge in [0, 0.05) is 10.9 Å². The smallest absolute Gasteiger partial charge is 0.411 e. The summed E-state index contributed by atoms with van der Waals surface area (Å²) in [6.07, 6.45) is 1.10. The van der Waals surface area contributed by atoms with Gasteiger partial charge in [-0.15, -0.1) is 0 Å². The quantitative estimate of drug-likeness (QED) is 0.810. The maximum atomic E-state index is 12.5. The van der Waals surface area contributed by atoms with Gasteiger partial charge in [-0.05, 0) is 11.6 Å². The maximum Gasteiger partial charge on any atom is 0.411 e. The molecule has 4 rings (SSSR count). The van der Waals surface area contributed by atoms with Gasteiger partial charge in [0.1, 0.15) is 18.8 Å². The van der Waals surface area contributed by atoms with Crippen LogP contribution < -0.4 is 0 Å². The predicted octanol–water partition coefficient (Wildman–Crippen LogP) is 2.57. The molecule has 0 N–H and O–H groups in total. The van der Waals surface area contributed by atoms with Crippen molar-refractivity contribution in [2.24, 2.45) is 0 Å². The van der Waals surface area contributed by atoms with Crippen LogP contribution in [0.25, 0.3) is 0 Å². The van der Waals surface area contributed by atoms with Crippen molar-refractivity contribution in [3.63, 3.8) is 0 Å². The summed E-state index contributed by atoms with van der Waals surface area (Å²) in [5, 5.41) is 0. The van der Waals surface area contributed by atoms with Gasteiger partial charge < -0.3 is 9.47 Å². The van der Waals surface area contributed by atoms with Gasteiger partial charge in [0.05, 0.1) is 12.1 Å². The predicted molar refractivity (Wildman–Crippen MR) is 81.5 cm³/mol. The first-order valence-corrected chi connectivity index (χ1v) is 8.00. The molecule has 22 heavy (non-hydrogen) atoms. The van der Waals surface area contributed by atoms with E-state index in [1.807, 2.05) is 36.4 Å². The zero-order valence-corrected chi connectivity index (χ0v) is 13.2. The van der Waals surface area contributed by atoms with E-state index in [2.05, 4.69) is 15.9 Å². The Morgan fingerprint density at radius 2 is 1.95 bits per heavy atom. The number of fused-ring (bicyclic) bond motifs is 2. The number of hydrogen-bond acceptors (Lipinski definition) is 4. The molecule has 3 aliphatic heterocycles. The summed E-state index contributed by atoms with van der Waals surface area (Å²) in [5.41, 5.74) is 0.962. The Balaban J connectivity index is 1.70. The number of carbonyl (C=O) groups excluding carboxylic acids is 2. The number of benzene rings is 1. The van der Waals surface area contributed by atoms with Gasteiger partial charge in [-0.2, -0.15) is 0 Å². The van der Waals surface area contributed by atoms with Crippen molar-refractivity contribution < 1.29 is 19.1 Å². The maximum absolute atomic E-state index is 12.5. The molecule has 0 radical (unpaired) electrons. The van der Waals surface area contributed by atoms with E-state index in [0.29, 0.717) is 0 Å². The van der Waals surface area contributed by atoms with E-state index in [9.17, 15) is 9.59 Å². The summed E-state index contributed by atoms with van der Waals surface area (Å²) in [5.74, 6) is 0.0201. The number of cyclic esters (lactones) is 1. The average Bonchev–Trinajstić information content (AvgIpc) is 3.03. The van der Waals surface area contributed by atoms with Gasteiger partial charge in [0.15, 0.2) is 5.78 Å². The summed E-state index contributed by atoms with van der Waals surface area (Å²) in [6.45, 7) is 0.258. The number of rotatable bonds is 2. The number of Topliss-reactive ketones (excluding diaryl/α,β-unsaturated/α-hetero) is 1. The molecule has 0 aromatic heterocycles. The van der Waals surface area contributed by atoms with Crippen molar-refractivity contribution in [3.8, 4) is 0 Å². The lowest BCUT2D eigenvalue weighted by Gasteiger charge is -2.36. The summed E-state index contributed by atoms with van der Waals surface area (Å²) >= 11 is 3.43. The minimum Gasteiger partial charge on any atom is -0.447 e. The Kier molecular flexibility index (Phi) is 3.31. The van der Waals surface area contributed by atoms with Crippen molar-refractivity contribution in [1.29, 1.82) is 0 Å². The molecule has 5 nitrogen and oxygen atoms in total. The molecule has 1 aromatic carbocycles. The highest BCUT2D eigenvalue weighted by molar-refractivity contribution is 9.11. The van der Waals surface area contributed by atoms with Crippen LogP contribution in [0.4, 0.5) is 4.79 Å². The molecule has 4 atom stereocenters. The first-order chi connectivity index (χ1) is 10.6. The second-order valence-electron chi connectivity index (χ2n) is 5.67. The van der Waals surface area contributed by atoms with E-state index in [1.54, 1.807) is 4.90 Å². The molecule has 0 unspecified atom stereocenters. The SMILES string of the molecule is O=C1C[C@@H]2O[C@@H](C=C2Br)[C@H]1N1C(=O)OC[C@H]1c1ccccc1. The molecule has 3 aliphatic rings. The Morgan fingerprint density at radius 3 is 2.73 bits per heavy atom. The second-order valence-corrected chi connectivity index (χ2v) is 6.58. The second kappa shape index (κ2) is 5.21. The van der Waals surface area contributed by atoms with Gasteiger partial charge in [-0.25, -0.2) is 4.79 Å².